The first-order valence-corrected chi connectivity index (χ1v) is 13.8. The van der Waals surface area contributed by atoms with Crippen molar-refractivity contribution in [2.24, 2.45) is 5.92 Å². The van der Waals surface area contributed by atoms with Crippen LogP contribution in [0.2, 0.25) is 0 Å². The molecule has 3 aromatic rings. The minimum atomic E-state index is -0.950. The van der Waals surface area contributed by atoms with Gasteiger partial charge in [0.05, 0.1) is 28.1 Å². The largest absolute Gasteiger partial charge is 0.504 e. The van der Waals surface area contributed by atoms with Crippen LogP contribution in [0.3, 0.4) is 0 Å². The van der Waals surface area contributed by atoms with Gasteiger partial charge in [-0.25, -0.2) is 0 Å². The van der Waals surface area contributed by atoms with E-state index in [1.807, 2.05) is 37.3 Å². The fourth-order valence-corrected chi connectivity index (χ4v) is 8.36. The van der Waals surface area contributed by atoms with Gasteiger partial charge in [-0.2, -0.15) is 0 Å². The molecule has 0 radical (unpaired) electrons. The van der Waals surface area contributed by atoms with Crippen molar-refractivity contribution in [2.75, 3.05) is 13.1 Å². The Balaban J connectivity index is 1.20. The predicted octanol–water partition coefficient (Wildman–Crippen LogP) is 3.54. The van der Waals surface area contributed by atoms with Crippen LogP contribution >= 0.6 is 0 Å². The Morgan fingerprint density at radius 1 is 1.22 bits per heavy atom. The first-order chi connectivity index (χ1) is 17.9. The highest BCUT2D eigenvalue weighted by Gasteiger charge is 2.73. The molecular weight excluding hydrogens is 466 g/mol. The van der Waals surface area contributed by atoms with Crippen molar-refractivity contribution in [2.45, 2.75) is 74.7 Å². The van der Waals surface area contributed by atoms with Crippen molar-refractivity contribution >= 4 is 16.8 Å². The zero-order valence-electron chi connectivity index (χ0n) is 21.1. The highest BCUT2D eigenvalue weighted by atomic mass is 16.5. The number of benzene rings is 2. The molecule has 7 heteroatoms. The van der Waals surface area contributed by atoms with Gasteiger partial charge in [0.2, 0.25) is 0 Å². The molecule has 37 heavy (non-hydrogen) atoms. The van der Waals surface area contributed by atoms with Gasteiger partial charge in [0.15, 0.2) is 11.5 Å². The fourth-order valence-electron chi connectivity index (χ4n) is 8.36. The van der Waals surface area contributed by atoms with E-state index in [4.69, 9.17) is 4.74 Å². The topological polar surface area (TPSA) is 97.8 Å². The van der Waals surface area contributed by atoms with Crippen LogP contribution in [-0.4, -0.2) is 62.9 Å². The van der Waals surface area contributed by atoms with Gasteiger partial charge in [0.25, 0.3) is 5.91 Å². The van der Waals surface area contributed by atoms with Crippen molar-refractivity contribution in [1.29, 1.82) is 0 Å². The Hall–Kier alpha value is -3.03. The molecule has 1 saturated heterocycles. The van der Waals surface area contributed by atoms with Crippen molar-refractivity contribution in [3.63, 3.8) is 0 Å². The molecule has 5 atom stereocenters. The minimum Gasteiger partial charge on any atom is -0.504 e. The second kappa shape index (κ2) is 7.29. The first kappa shape index (κ1) is 22.0. The highest BCUT2D eigenvalue weighted by Crippen LogP contribution is 2.65. The lowest BCUT2D eigenvalue weighted by Crippen LogP contribution is -2.78. The summed E-state index contributed by atoms with van der Waals surface area (Å²) < 4.78 is 6.59. The molecule has 8 rings (SSSR count). The van der Waals surface area contributed by atoms with Gasteiger partial charge in [-0.3, -0.25) is 9.69 Å². The molecule has 4 N–H and O–H groups in total. The van der Waals surface area contributed by atoms with Crippen molar-refractivity contribution in [3.05, 3.63) is 58.8 Å². The minimum absolute atomic E-state index is 0.0308. The van der Waals surface area contributed by atoms with Gasteiger partial charge < -0.3 is 25.3 Å². The fraction of sp³-hybridized carbons (Fsp3) is 0.500. The summed E-state index contributed by atoms with van der Waals surface area (Å²) in [6.07, 6.45) is 4.92. The average Bonchev–Trinajstić information content (AvgIpc) is 3.49. The quantitative estimate of drug-likeness (QED) is 0.440. The maximum Gasteiger partial charge on any atom is 0.253 e. The molecule has 7 nitrogen and oxygen atoms in total. The van der Waals surface area contributed by atoms with E-state index in [-0.39, 0.29) is 23.7 Å². The standard InChI is InChI=1S/C30H33N3O4/c1-16-13-19-3-2-4-20(25(19)31-16)28(35)32-21-9-10-30(36)23-14-18-7-8-22(34)26-24(18)29(30,27(21)37-26)11-12-33(23)15-17-5-6-17/h2-4,7-8,13,17,21,23,27,31,34,36H,5-6,9-12,14-15H2,1H3,(H,32,35)/t21-,23+,27-,29-,30+/m0/s1. The van der Waals surface area contributed by atoms with Crippen LogP contribution in [0, 0.1) is 12.8 Å². The van der Waals surface area contributed by atoms with Crippen LogP contribution in [0.25, 0.3) is 10.9 Å². The van der Waals surface area contributed by atoms with Crippen molar-refractivity contribution in [3.8, 4) is 11.5 Å². The van der Waals surface area contributed by atoms with Crippen molar-refractivity contribution in [1.82, 2.24) is 15.2 Å². The van der Waals surface area contributed by atoms with Gasteiger partial charge in [0.1, 0.15) is 6.10 Å². The van der Waals surface area contributed by atoms with Crippen LogP contribution in [0.5, 0.6) is 11.5 Å². The lowest BCUT2D eigenvalue weighted by Gasteiger charge is -2.64. The molecule has 2 saturated carbocycles. The van der Waals surface area contributed by atoms with E-state index in [9.17, 15) is 15.0 Å². The Bertz CT molecular complexity index is 1460. The first-order valence-electron chi connectivity index (χ1n) is 13.8. The number of ether oxygens (including phenoxy) is 1. The summed E-state index contributed by atoms with van der Waals surface area (Å²) >= 11 is 0. The zero-order valence-corrected chi connectivity index (χ0v) is 21.1. The molecular formula is C30H33N3O4. The summed E-state index contributed by atoms with van der Waals surface area (Å²) in [4.78, 5) is 19.5. The number of carbonyl (C=O) groups is 1. The number of aliphatic hydroxyl groups is 1. The number of phenols is 1. The number of hydrogen-bond donors (Lipinski definition) is 4. The molecule has 192 valence electrons. The number of carbonyl (C=O) groups excluding carboxylic acids is 1. The number of rotatable bonds is 4. The Morgan fingerprint density at radius 3 is 2.92 bits per heavy atom. The Kier molecular flexibility index (Phi) is 4.34. The number of aromatic hydroxyl groups is 1. The number of H-pyrrole nitrogens is 1. The number of fused-ring (bicyclic) bond motifs is 1. The number of para-hydroxylation sites is 1. The third kappa shape index (κ3) is 2.82. The van der Waals surface area contributed by atoms with Crippen LogP contribution in [-0.2, 0) is 11.8 Å². The molecule has 3 aliphatic carbocycles. The number of hydrogen-bond acceptors (Lipinski definition) is 5. The van der Waals surface area contributed by atoms with E-state index in [2.05, 4.69) is 15.2 Å². The number of amides is 1. The summed E-state index contributed by atoms with van der Waals surface area (Å²) in [6, 6.07) is 11.3. The third-order valence-electron chi connectivity index (χ3n) is 10.1. The van der Waals surface area contributed by atoms with Crippen LogP contribution in [0.15, 0.2) is 36.4 Å². The van der Waals surface area contributed by atoms with Crippen LogP contribution in [0.1, 0.15) is 59.3 Å². The average molecular weight is 500 g/mol. The van der Waals surface area contributed by atoms with Crippen LogP contribution in [0.4, 0.5) is 0 Å². The molecule has 1 amide bonds. The second-order valence-electron chi connectivity index (χ2n) is 12.1. The lowest BCUT2D eigenvalue weighted by molar-refractivity contribution is -0.191. The maximum atomic E-state index is 13.7. The number of piperidine rings is 1. The molecule has 2 bridgehead atoms. The van der Waals surface area contributed by atoms with Crippen LogP contribution < -0.4 is 10.1 Å². The SMILES string of the molecule is Cc1cc2cccc(C(=O)N[C@H]3CC[C@@]4(O)[C@H]5Cc6ccc(O)c7c6[C@@]4(CCN5CC4CC4)[C@H]3O7)c2[nH]1. The van der Waals surface area contributed by atoms with Gasteiger partial charge in [-0.1, -0.05) is 18.2 Å². The summed E-state index contributed by atoms with van der Waals surface area (Å²) in [5, 5.41) is 27.7. The number of aromatic amines is 1. The summed E-state index contributed by atoms with van der Waals surface area (Å²) in [7, 11) is 0. The maximum absolute atomic E-state index is 13.7. The molecule has 1 spiro atoms. The summed E-state index contributed by atoms with van der Waals surface area (Å²) in [6.45, 7) is 3.94. The smallest absolute Gasteiger partial charge is 0.253 e. The predicted molar refractivity (Wildman–Crippen MR) is 139 cm³/mol. The van der Waals surface area contributed by atoms with E-state index in [1.54, 1.807) is 6.07 Å². The Labute approximate surface area is 215 Å². The van der Waals surface area contributed by atoms with E-state index in [1.165, 1.54) is 18.4 Å². The molecule has 3 fully saturated rings. The van der Waals surface area contributed by atoms with Crippen molar-refractivity contribution < 1.29 is 19.7 Å². The molecule has 0 unspecified atom stereocenters. The monoisotopic (exact) mass is 499 g/mol. The van der Waals surface area contributed by atoms with E-state index in [0.29, 0.717) is 24.2 Å². The molecule has 2 aromatic carbocycles. The normalized spacial score (nSPS) is 33.7. The van der Waals surface area contributed by atoms with Gasteiger partial charge in [0, 0.05) is 29.2 Å². The van der Waals surface area contributed by atoms with Gasteiger partial charge >= 0.3 is 0 Å². The summed E-state index contributed by atoms with van der Waals surface area (Å²) in [5.74, 6) is 1.25. The van der Waals surface area contributed by atoms with Gasteiger partial charge in [-0.15, -0.1) is 0 Å². The van der Waals surface area contributed by atoms with E-state index in [0.717, 1.165) is 54.0 Å². The lowest BCUT2D eigenvalue weighted by atomic mass is 9.48. The number of aromatic nitrogens is 1. The van der Waals surface area contributed by atoms with Gasteiger partial charge in [-0.05, 0) is 81.7 Å². The Morgan fingerprint density at radius 2 is 2.08 bits per heavy atom. The second-order valence-corrected chi connectivity index (χ2v) is 12.1. The molecule has 2 aliphatic heterocycles. The molecule has 3 heterocycles. The zero-order chi connectivity index (χ0) is 25.1. The highest BCUT2D eigenvalue weighted by molar-refractivity contribution is 6.06. The van der Waals surface area contributed by atoms with E-state index < -0.39 is 17.1 Å². The number of nitrogens with zero attached hydrogens (tertiary/aromatic N) is 1. The summed E-state index contributed by atoms with van der Waals surface area (Å²) in [5.41, 5.74) is 3.04. The molecule has 5 aliphatic rings. The molecule has 1 aromatic heterocycles. The van der Waals surface area contributed by atoms with E-state index >= 15 is 0 Å². The third-order valence-corrected chi connectivity index (χ3v) is 10.1. The number of nitrogens with one attached hydrogen (secondary N) is 2. The number of aryl methyl sites for hydroxylation is 1. The number of phenolic OH excluding ortho intramolecular Hbond substituents is 1. The number of likely N-dealkylation sites (tertiary alicyclic amines) is 1.